The van der Waals surface area contributed by atoms with Crippen molar-refractivity contribution in [3.8, 4) is 0 Å². The Morgan fingerprint density at radius 2 is 1.94 bits per heavy atom. The van der Waals surface area contributed by atoms with Crippen molar-refractivity contribution in [2.75, 3.05) is 41.4 Å². The van der Waals surface area contributed by atoms with Crippen LogP contribution in [0.3, 0.4) is 0 Å². The van der Waals surface area contributed by atoms with Gasteiger partial charge >= 0.3 is 0 Å². The van der Waals surface area contributed by atoms with E-state index in [1.54, 1.807) is 19.1 Å². The molecule has 0 aliphatic carbocycles. The molecular weight excluding hydrogens is 413 g/mol. The Balaban J connectivity index is 1.43. The van der Waals surface area contributed by atoms with Gasteiger partial charge in [0.05, 0.1) is 11.6 Å². The molecule has 164 valence electrons. The van der Waals surface area contributed by atoms with Gasteiger partial charge < -0.3 is 10.2 Å². The van der Waals surface area contributed by atoms with Crippen molar-refractivity contribution in [3.05, 3.63) is 58.9 Å². The van der Waals surface area contributed by atoms with Gasteiger partial charge in [0, 0.05) is 49.8 Å². The molecule has 2 aliphatic heterocycles. The highest BCUT2D eigenvalue weighted by Gasteiger charge is 2.36. The second kappa shape index (κ2) is 9.40. The minimum Gasteiger partial charge on any atom is -0.326 e. The largest absolute Gasteiger partial charge is 0.326 e. The van der Waals surface area contributed by atoms with E-state index in [1.807, 2.05) is 30.8 Å². The molecule has 2 amide bonds. The first-order valence-electron chi connectivity index (χ1n) is 10.7. The summed E-state index contributed by atoms with van der Waals surface area (Å²) in [6, 6.07) is 10.9. The molecule has 1 unspecified atom stereocenters. The number of aryl methyl sites for hydroxylation is 2. The minimum atomic E-state index is -0.504. The van der Waals surface area contributed by atoms with Gasteiger partial charge in [0.2, 0.25) is 11.8 Å². The Bertz CT molecular complexity index is 991. The molecule has 0 bridgehead atoms. The van der Waals surface area contributed by atoms with E-state index < -0.39 is 11.7 Å². The highest BCUT2D eigenvalue weighted by atomic mass is 32.2. The Labute approximate surface area is 187 Å². The van der Waals surface area contributed by atoms with E-state index in [9.17, 15) is 14.0 Å². The summed E-state index contributed by atoms with van der Waals surface area (Å²) in [6.45, 7) is 6.98. The van der Waals surface area contributed by atoms with Gasteiger partial charge in [0.15, 0.2) is 0 Å². The molecule has 0 spiro atoms. The lowest BCUT2D eigenvalue weighted by Crippen LogP contribution is -2.32. The molecule has 5 nitrogen and oxygen atoms in total. The van der Waals surface area contributed by atoms with Crippen LogP contribution in [0.15, 0.2) is 36.4 Å². The average molecular weight is 442 g/mol. The van der Waals surface area contributed by atoms with E-state index >= 15 is 0 Å². The number of nitrogens with zero attached hydrogens (tertiary/aromatic N) is 2. The smallest absolute Gasteiger partial charge is 0.229 e. The summed E-state index contributed by atoms with van der Waals surface area (Å²) in [5.41, 5.74) is 3.96. The fraction of sp³-hybridized carbons (Fsp3) is 0.417. The number of amides is 2. The average Bonchev–Trinajstić information content (AvgIpc) is 3.13. The number of hydrogen-bond acceptors (Lipinski definition) is 4. The van der Waals surface area contributed by atoms with Crippen LogP contribution in [-0.4, -0.2) is 47.9 Å². The predicted molar refractivity (Wildman–Crippen MR) is 124 cm³/mol. The second-order valence-electron chi connectivity index (χ2n) is 8.39. The summed E-state index contributed by atoms with van der Waals surface area (Å²) in [6.07, 6.45) is 0.0866. The molecule has 2 aliphatic rings. The van der Waals surface area contributed by atoms with E-state index in [-0.39, 0.29) is 30.5 Å². The highest BCUT2D eigenvalue weighted by molar-refractivity contribution is 7.99. The van der Waals surface area contributed by atoms with Crippen LogP contribution in [0.5, 0.6) is 0 Å². The molecule has 0 radical (unpaired) electrons. The topological polar surface area (TPSA) is 52.7 Å². The lowest BCUT2D eigenvalue weighted by molar-refractivity contribution is -0.122. The van der Waals surface area contributed by atoms with E-state index in [0.717, 1.165) is 48.0 Å². The number of anilines is 2. The molecule has 1 atom stereocenters. The summed E-state index contributed by atoms with van der Waals surface area (Å²) < 4.78 is 14.3. The van der Waals surface area contributed by atoms with Crippen LogP contribution in [0.1, 0.15) is 23.1 Å². The van der Waals surface area contributed by atoms with Gasteiger partial charge in [-0.05, 0) is 48.7 Å². The van der Waals surface area contributed by atoms with Crippen LogP contribution in [0.4, 0.5) is 15.8 Å². The Morgan fingerprint density at radius 3 is 2.68 bits per heavy atom. The third-order valence-electron chi connectivity index (χ3n) is 5.96. The number of carbonyl (C=O) groups excluding carboxylic acids is 2. The summed E-state index contributed by atoms with van der Waals surface area (Å²) in [5.74, 6) is 0.950. The van der Waals surface area contributed by atoms with Crippen LogP contribution in [-0.2, 0) is 16.1 Å². The van der Waals surface area contributed by atoms with Crippen molar-refractivity contribution >= 4 is 35.0 Å². The molecule has 2 heterocycles. The number of thioether (sulfide) groups is 1. The number of hydrogen-bond donors (Lipinski definition) is 1. The van der Waals surface area contributed by atoms with Crippen LogP contribution < -0.4 is 10.2 Å². The maximum Gasteiger partial charge on any atom is 0.229 e. The zero-order chi connectivity index (χ0) is 22.0. The zero-order valence-corrected chi connectivity index (χ0v) is 18.8. The number of nitrogens with one attached hydrogen (secondary N) is 1. The van der Waals surface area contributed by atoms with E-state index in [1.165, 1.54) is 16.5 Å². The Hall–Kier alpha value is -2.38. The summed E-state index contributed by atoms with van der Waals surface area (Å²) in [4.78, 5) is 29.2. The molecule has 4 rings (SSSR count). The maximum atomic E-state index is 14.3. The van der Waals surface area contributed by atoms with Crippen LogP contribution >= 0.6 is 11.8 Å². The number of halogens is 1. The van der Waals surface area contributed by atoms with E-state index in [2.05, 4.69) is 16.3 Å². The minimum absolute atomic E-state index is 0.0866. The maximum absolute atomic E-state index is 14.3. The molecule has 2 aromatic carbocycles. The molecular formula is C24H28FN3O2S. The van der Waals surface area contributed by atoms with Gasteiger partial charge in [-0.25, -0.2) is 4.39 Å². The fourth-order valence-electron chi connectivity index (χ4n) is 4.10. The molecule has 7 heteroatoms. The van der Waals surface area contributed by atoms with Crippen molar-refractivity contribution in [3.63, 3.8) is 0 Å². The Morgan fingerprint density at radius 1 is 1.16 bits per heavy atom. The van der Waals surface area contributed by atoms with Gasteiger partial charge in [-0.2, -0.15) is 11.8 Å². The van der Waals surface area contributed by atoms with Gasteiger partial charge in [0.25, 0.3) is 0 Å². The van der Waals surface area contributed by atoms with Crippen molar-refractivity contribution in [2.45, 2.75) is 26.8 Å². The van der Waals surface area contributed by atoms with Crippen molar-refractivity contribution in [1.82, 2.24) is 4.90 Å². The summed E-state index contributed by atoms with van der Waals surface area (Å²) >= 11 is 1.98. The summed E-state index contributed by atoms with van der Waals surface area (Å²) in [5, 5.41) is 3.01. The molecule has 2 saturated heterocycles. The van der Waals surface area contributed by atoms with Crippen LogP contribution in [0.25, 0.3) is 0 Å². The predicted octanol–water partition coefficient (Wildman–Crippen LogP) is 3.98. The van der Waals surface area contributed by atoms with Crippen molar-refractivity contribution in [1.29, 1.82) is 0 Å². The second-order valence-corrected chi connectivity index (χ2v) is 9.61. The molecule has 2 fully saturated rings. The van der Waals surface area contributed by atoms with E-state index in [4.69, 9.17) is 0 Å². The van der Waals surface area contributed by atoms with Gasteiger partial charge in [-0.3, -0.25) is 14.5 Å². The van der Waals surface area contributed by atoms with Gasteiger partial charge in [0.1, 0.15) is 5.82 Å². The molecule has 0 saturated carbocycles. The lowest BCUT2D eigenvalue weighted by atomic mass is 10.1. The normalized spacial score (nSPS) is 19.6. The van der Waals surface area contributed by atoms with Gasteiger partial charge in [-0.1, -0.05) is 18.2 Å². The first kappa shape index (κ1) is 21.8. The fourth-order valence-corrected chi connectivity index (χ4v) is 5.08. The monoisotopic (exact) mass is 441 g/mol. The van der Waals surface area contributed by atoms with E-state index in [0.29, 0.717) is 0 Å². The van der Waals surface area contributed by atoms with Gasteiger partial charge in [-0.15, -0.1) is 0 Å². The lowest BCUT2D eigenvalue weighted by Gasteiger charge is -2.26. The molecule has 2 aromatic rings. The third kappa shape index (κ3) is 5.10. The molecule has 31 heavy (non-hydrogen) atoms. The standard InChI is InChI=1S/C24H28FN3O2S/c1-16-3-6-22(20(25)11-16)28-15-19(13-23(28)29)24(30)26-21-12-18(5-4-17(21)2)14-27-7-9-31-10-8-27/h3-6,11-12,19H,7-10,13-15H2,1-2H3,(H,26,30). The number of carbonyl (C=O) groups is 2. The third-order valence-corrected chi connectivity index (χ3v) is 6.90. The quantitative estimate of drug-likeness (QED) is 0.763. The Kier molecular flexibility index (Phi) is 6.62. The zero-order valence-electron chi connectivity index (χ0n) is 18.0. The molecule has 0 aromatic heterocycles. The van der Waals surface area contributed by atoms with Crippen LogP contribution in [0.2, 0.25) is 0 Å². The van der Waals surface area contributed by atoms with Crippen molar-refractivity contribution in [2.24, 2.45) is 5.92 Å². The molecule has 1 N–H and O–H groups in total. The van der Waals surface area contributed by atoms with Crippen LogP contribution in [0, 0.1) is 25.6 Å². The summed E-state index contributed by atoms with van der Waals surface area (Å²) in [7, 11) is 0. The highest BCUT2D eigenvalue weighted by Crippen LogP contribution is 2.29. The van der Waals surface area contributed by atoms with Crippen molar-refractivity contribution < 1.29 is 14.0 Å². The first-order valence-corrected chi connectivity index (χ1v) is 11.8. The number of benzene rings is 2. The number of rotatable bonds is 5. The first-order chi connectivity index (χ1) is 14.9. The SMILES string of the molecule is Cc1ccc(N2CC(C(=O)Nc3cc(CN4CCSCC4)ccc3C)CC2=O)c(F)c1.